The molecule has 9 nitrogen and oxygen atoms in total. The fraction of sp³-hybridized carbons (Fsp3) is 0.360. The Morgan fingerprint density at radius 2 is 1.86 bits per heavy atom. The zero-order valence-corrected chi connectivity index (χ0v) is 21.1. The van der Waals surface area contributed by atoms with Gasteiger partial charge in [-0.3, -0.25) is 18.9 Å². The van der Waals surface area contributed by atoms with Crippen LogP contribution in [-0.4, -0.2) is 28.8 Å². The maximum absolute atomic E-state index is 14.8. The van der Waals surface area contributed by atoms with Gasteiger partial charge in [0.15, 0.2) is 0 Å². The monoisotopic (exact) mass is 517 g/mol. The minimum atomic E-state index is -3.87. The summed E-state index contributed by atoms with van der Waals surface area (Å²) in [5.74, 6) is -0.617. The van der Waals surface area contributed by atoms with Gasteiger partial charge in [-0.25, -0.2) is 18.8 Å². The third kappa shape index (κ3) is 5.68. The molecule has 0 radical (unpaired) electrons. The molecule has 1 fully saturated rings. The number of H-pyrrole nitrogens is 1. The Bertz CT molecular complexity index is 1360. The number of hydrogen-bond acceptors (Lipinski definition) is 6. The normalized spacial score (nSPS) is 23.3. The van der Waals surface area contributed by atoms with Gasteiger partial charge in [0.1, 0.15) is 17.8 Å². The smallest absolute Gasteiger partial charge is 0.413 e. The van der Waals surface area contributed by atoms with E-state index in [1.54, 1.807) is 25.1 Å². The van der Waals surface area contributed by atoms with E-state index in [0.29, 0.717) is 11.1 Å². The van der Waals surface area contributed by atoms with Crippen LogP contribution in [-0.2, 0) is 13.8 Å². The molecule has 5 atom stereocenters. The summed E-state index contributed by atoms with van der Waals surface area (Å²) in [6.45, 7) is 5.80. The van der Waals surface area contributed by atoms with Gasteiger partial charge in [-0.1, -0.05) is 51.1 Å². The molecule has 2 heterocycles. The summed E-state index contributed by atoms with van der Waals surface area (Å²) in [4.78, 5) is 25.8. The number of nitrogens with zero attached hydrogens (tertiary/aromatic N) is 1. The first-order chi connectivity index (χ1) is 17.2. The van der Waals surface area contributed by atoms with Gasteiger partial charge < -0.3 is 9.26 Å². The second kappa shape index (κ2) is 10.9. The molecule has 1 saturated heterocycles. The molecule has 4 rings (SSSR count). The highest BCUT2D eigenvalue weighted by Gasteiger charge is 2.42. The van der Waals surface area contributed by atoms with Gasteiger partial charge in [-0.15, -0.1) is 0 Å². The number of hydrogen-bond donors (Lipinski definition) is 2. The van der Waals surface area contributed by atoms with Gasteiger partial charge in [0, 0.05) is 36.4 Å². The Kier molecular flexibility index (Phi) is 7.90. The zero-order valence-electron chi connectivity index (χ0n) is 20.2. The van der Waals surface area contributed by atoms with Crippen molar-refractivity contribution in [3.05, 3.63) is 87.4 Å². The lowest BCUT2D eigenvalue weighted by atomic mass is 9.93. The minimum Gasteiger partial charge on any atom is -0.413 e. The first-order valence-corrected chi connectivity index (χ1v) is 13.3. The van der Waals surface area contributed by atoms with Gasteiger partial charge >= 0.3 is 13.4 Å². The lowest BCUT2D eigenvalue weighted by molar-refractivity contribution is -0.0346. The summed E-state index contributed by atoms with van der Waals surface area (Å²) in [5.41, 5.74) is 0.0423. The van der Waals surface area contributed by atoms with E-state index in [9.17, 15) is 18.5 Å². The molecule has 1 aliphatic rings. The van der Waals surface area contributed by atoms with Crippen molar-refractivity contribution in [1.82, 2.24) is 14.6 Å². The number of benzene rings is 2. The van der Waals surface area contributed by atoms with E-state index in [1.165, 1.54) is 29.0 Å². The summed E-state index contributed by atoms with van der Waals surface area (Å²) >= 11 is 0. The van der Waals surface area contributed by atoms with E-state index in [4.69, 9.17) is 13.8 Å². The van der Waals surface area contributed by atoms with Crippen LogP contribution < -0.4 is 20.9 Å². The number of aromatic amines is 1. The van der Waals surface area contributed by atoms with Crippen molar-refractivity contribution in [2.24, 2.45) is 11.8 Å². The molecule has 5 unspecified atom stereocenters. The minimum absolute atomic E-state index is 0.0582. The number of rotatable bonds is 9. The molecule has 192 valence electrons. The van der Waals surface area contributed by atoms with E-state index in [2.05, 4.69) is 10.1 Å². The lowest BCUT2D eigenvalue weighted by Crippen LogP contribution is -2.33. The fourth-order valence-corrected chi connectivity index (χ4v) is 5.51. The van der Waals surface area contributed by atoms with Crippen LogP contribution >= 0.6 is 7.75 Å². The molecule has 0 amide bonds. The average molecular weight is 517 g/mol. The van der Waals surface area contributed by atoms with Crippen LogP contribution in [0.1, 0.15) is 27.0 Å². The van der Waals surface area contributed by atoms with Crippen molar-refractivity contribution < 1.29 is 22.7 Å². The van der Waals surface area contributed by atoms with E-state index < -0.39 is 37.1 Å². The number of nitrogens with one attached hydrogen (secondary N) is 2. The molecule has 2 N–H and O–H groups in total. The summed E-state index contributed by atoms with van der Waals surface area (Å²) in [7, 11) is -3.87. The first-order valence-electron chi connectivity index (χ1n) is 11.7. The second-order valence-corrected chi connectivity index (χ2v) is 10.5. The Morgan fingerprint density at radius 1 is 1.11 bits per heavy atom. The van der Waals surface area contributed by atoms with Crippen molar-refractivity contribution in [2.45, 2.75) is 33.1 Å². The lowest BCUT2D eigenvalue weighted by Gasteiger charge is -2.22. The van der Waals surface area contributed by atoms with Gasteiger partial charge in [-0.2, -0.15) is 0 Å². The highest BCUT2D eigenvalue weighted by atomic mass is 31.2. The van der Waals surface area contributed by atoms with Crippen LogP contribution in [0.15, 0.2) is 70.4 Å². The Hall–Kier alpha value is -3.04. The first kappa shape index (κ1) is 26.0. The van der Waals surface area contributed by atoms with Crippen LogP contribution in [0, 0.1) is 17.7 Å². The molecule has 11 heteroatoms. The van der Waals surface area contributed by atoms with E-state index in [-0.39, 0.29) is 30.7 Å². The van der Waals surface area contributed by atoms with Crippen LogP contribution in [0.4, 0.5) is 4.39 Å². The quantitative estimate of drug-likeness (QED) is 0.407. The molecular formula is C25H29FN3O6P. The molecule has 1 aliphatic heterocycles. The molecule has 36 heavy (non-hydrogen) atoms. The Labute approximate surface area is 207 Å². The summed E-state index contributed by atoms with van der Waals surface area (Å²) < 4.78 is 46.9. The van der Waals surface area contributed by atoms with Crippen molar-refractivity contribution in [3.8, 4) is 16.9 Å². The third-order valence-electron chi connectivity index (χ3n) is 6.32. The molecule has 0 bridgehead atoms. The Balaban J connectivity index is 1.46. The third-order valence-corrected chi connectivity index (χ3v) is 7.96. The van der Waals surface area contributed by atoms with Crippen molar-refractivity contribution in [2.75, 3.05) is 13.2 Å². The number of halogens is 1. The molecule has 1 aromatic heterocycles. The molecule has 2 aromatic carbocycles. The van der Waals surface area contributed by atoms with Gasteiger partial charge in [0.2, 0.25) is 0 Å². The van der Waals surface area contributed by atoms with Gasteiger partial charge in [-0.05, 0) is 23.6 Å². The maximum atomic E-state index is 14.8. The van der Waals surface area contributed by atoms with Crippen molar-refractivity contribution in [3.63, 3.8) is 0 Å². The van der Waals surface area contributed by atoms with Gasteiger partial charge in [0.05, 0.1) is 12.7 Å². The predicted molar refractivity (Wildman–Crippen MR) is 133 cm³/mol. The highest BCUT2D eigenvalue weighted by molar-refractivity contribution is 7.52. The van der Waals surface area contributed by atoms with Crippen molar-refractivity contribution in [1.29, 1.82) is 0 Å². The average Bonchev–Trinajstić information content (AvgIpc) is 3.12. The maximum Gasteiger partial charge on any atom is 0.458 e. The standard InChI is InChI=1S/C25H29FN3O6P/c1-4-27-36(32,35-19-10-11-20(21(26)14-19)18-8-6-5-7-9-18)33-15-22-16(2)17(3)24(34-22)29-13-12-23(30)28-25(29)31/h5-14,16-17,22,24H,4,15H2,1-3H3,(H,27,32)(H,28,30,31). The zero-order chi connectivity index (χ0) is 25.9. The van der Waals surface area contributed by atoms with E-state index >= 15 is 0 Å². The van der Waals surface area contributed by atoms with E-state index in [0.717, 1.165) is 0 Å². The van der Waals surface area contributed by atoms with Crippen molar-refractivity contribution >= 4 is 7.75 Å². The summed E-state index contributed by atoms with van der Waals surface area (Å²) in [5, 5.41) is 2.72. The number of ether oxygens (including phenoxy) is 1. The largest absolute Gasteiger partial charge is 0.458 e. The van der Waals surface area contributed by atoms with Crippen LogP contribution in [0.3, 0.4) is 0 Å². The molecule has 3 aromatic rings. The highest BCUT2D eigenvalue weighted by Crippen LogP contribution is 2.47. The second-order valence-electron chi connectivity index (χ2n) is 8.70. The molecule has 0 aliphatic carbocycles. The van der Waals surface area contributed by atoms with E-state index in [1.807, 2.05) is 32.0 Å². The van der Waals surface area contributed by atoms with Crippen LogP contribution in [0.2, 0.25) is 0 Å². The SMILES string of the molecule is CCNP(=O)(OCC1OC(n2ccc(=O)[nH]c2=O)C(C)C1C)Oc1ccc(-c2ccccc2)c(F)c1. The fourth-order valence-electron chi connectivity index (χ4n) is 4.18. The summed E-state index contributed by atoms with van der Waals surface area (Å²) in [6, 6.07) is 14.6. The molecule has 0 saturated carbocycles. The Morgan fingerprint density at radius 3 is 2.53 bits per heavy atom. The summed E-state index contributed by atoms with van der Waals surface area (Å²) in [6.07, 6.45) is 0.257. The van der Waals surface area contributed by atoms with Crippen LogP contribution in [0.25, 0.3) is 11.1 Å². The number of aromatic nitrogens is 2. The van der Waals surface area contributed by atoms with Gasteiger partial charge in [0.25, 0.3) is 5.56 Å². The molecule has 0 spiro atoms. The predicted octanol–water partition coefficient (Wildman–Crippen LogP) is 4.33. The van der Waals surface area contributed by atoms with Crippen LogP contribution in [0.5, 0.6) is 5.75 Å². The topological polar surface area (TPSA) is 112 Å². The molecular weight excluding hydrogens is 488 g/mol.